The molecule has 2 unspecified atom stereocenters. The number of aliphatic hydroxyl groups excluding tert-OH is 1. The summed E-state index contributed by atoms with van der Waals surface area (Å²) in [6.07, 6.45) is 1.74. The third-order valence-corrected chi connectivity index (χ3v) is 3.17. The quantitative estimate of drug-likeness (QED) is 0.745. The van der Waals surface area contributed by atoms with E-state index in [0.717, 1.165) is 12.8 Å². The topological polar surface area (TPSA) is 41.5 Å². The first-order valence-corrected chi connectivity index (χ1v) is 6.63. The van der Waals surface area contributed by atoms with Crippen LogP contribution in [0.3, 0.4) is 0 Å². The van der Waals surface area contributed by atoms with Gasteiger partial charge in [0.1, 0.15) is 0 Å². The molecule has 0 aliphatic carbocycles. The molecule has 1 rings (SSSR count). The Morgan fingerprint density at radius 1 is 1.28 bits per heavy atom. The molecule has 0 heterocycles. The molecule has 0 saturated heterocycles. The van der Waals surface area contributed by atoms with Gasteiger partial charge in [-0.05, 0) is 25.3 Å². The first-order chi connectivity index (χ1) is 8.71. The van der Waals surface area contributed by atoms with Crippen molar-refractivity contribution in [2.75, 3.05) is 20.3 Å². The summed E-state index contributed by atoms with van der Waals surface area (Å²) in [7, 11) is 1.69. The second-order valence-corrected chi connectivity index (χ2v) is 4.70. The largest absolute Gasteiger partial charge is 0.396 e. The Morgan fingerprint density at radius 2 is 1.94 bits per heavy atom. The molecule has 2 atom stereocenters. The molecule has 0 saturated carbocycles. The van der Waals surface area contributed by atoms with Crippen molar-refractivity contribution in [1.29, 1.82) is 0 Å². The van der Waals surface area contributed by atoms with Gasteiger partial charge in [0.25, 0.3) is 0 Å². The molecular formula is C15H25NO2. The van der Waals surface area contributed by atoms with Crippen LogP contribution in [0.2, 0.25) is 0 Å². The van der Waals surface area contributed by atoms with E-state index in [-0.39, 0.29) is 12.6 Å². The van der Waals surface area contributed by atoms with Crippen molar-refractivity contribution in [3.63, 3.8) is 0 Å². The molecule has 0 aliphatic rings. The lowest BCUT2D eigenvalue weighted by molar-refractivity contribution is 0.142. The van der Waals surface area contributed by atoms with E-state index in [0.29, 0.717) is 12.6 Å². The first kappa shape index (κ1) is 15.2. The van der Waals surface area contributed by atoms with Crippen molar-refractivity contribution in [3.05, 3.63) is 35.4 Å². The maximum absolute atomic E-state index is 9.06. The van der Waals surface area contributed by atoms with E-state index in [2.05, 4.69) is 43.4 Å². The molecule has 0 bridgehead atoms. The number of benzene rings is 1. The van der Waals surface area contributed by atoms with Crippen LogP contribution in [0.25, 0.3) is 0 Å². The zero-order chi connectivity index (χ0) is 13.4. The van der Waals surface area contributed by atoms with E-state index >= 15 is 0 Å². The van der Waals surface area contributed by atoms with Crippen LogP contribution in [0.4, 0.5) is 0 Å². The summed E-state index contributed by atoms with van der Waals surface area (Å²) >= 11 is 0. The Balaban J connectivity index is 2.67. The van der Waals surface area contributed by atoms with E-state index < -0.39 is 0 Å². The number of nitrogens with one attached hydrogen (secondary N) is 1. The van der Waals surface area contributed by atoms with Crippen molar-refractivity contribution >= 4 is 0 Å². The summed E-state index contributed by atoms with van der Waals surface area (Å²) in [6, 6.07) is 9.12. The zero-order valence-electron chi connectivity index (χ0n) is 11.6. The van der Waals surface area contributed by atoms with Crippen LogP contribution < -0.4 is 5.32 Å². The van der Waals surface area contributed by atoms with Crippen LogP contribution >= 0.6 is 0 Å². The van der Waals surface area contributed by atoms with Crippen LogP contribution in [-0.4, -0.2) is 31.5 Å². The van der Waals surface area contributed by atoms with Gasteiger partial charge < -0.3 is 15.2 Å². The van der Waals surface area contributed by atoms with Crippen LogP contribution in [0, 0.1) is 6.92 Å². The van der Waals surface area contributed by atoms with Gasteiger partial charge in [0.15, 0.2) is 0 Å². The van der Waals surface area contributed by atoms with Crippen LogP contribution in [0.1, 0.15) is 36.9 Å². The maximum atomic E-state index is 9.06. The Bertz CT molecular complexity index is 318. The van der Waals surface area contributed by atoms with Gasteiger partial charge in [-0.1, -0.05) is 36.8 Å². The number of methoxy groups -OCH3 is 1. The molecule has 3 nitrogen and oxygen atoms in total. The normalized spacial score (nSPS) is 14.4. The van der Waals surface area contributed by atoms with Crippen molar-refractivity contribution in [1.82, 2.24) is 5.32 Å². The Morgan fingerprint density at radius 3 is 2.44 bits per heavy atom. The zero-order valence-corrected chi connectivity index (χ0v) is 11.6. The number of rotatable bonds is 8. The standard InChI is InChI=1S/C15H25NO2/c1-4-15(13-7-5-12(2)6-8-13)16-14(9-10-17)11-18-3/h5-8,14-17H,4,9-11H2,1-3H3. The second kappa shape index (κ2) is 8.25. The van der Waals surface area contributed by atoms with Gasteiger partial charge in [0, 0.05) is 25.8 Å². The van der Waals surface area contributed by atoms with E-state index in [1.54, 1.807) is 7.11 Å². The second-order valence-electron chi connectivity index (χ2n) is 4.70. The monoisotopic (exact) mass is 251 g/mol. The first-order valence-electron chi connectivity index (χ1n) is 6.63. The molecule has 2 N–H and O–H groups in total. The molecule has 0 amide bonds. The van der Waals surface area contributed by atoms with Gasteiger partial charge in [-0.3, -0.25) is 0 Å². The molecule has 3 heteroatoms. The summed E-state index contributed by atoms with van der Waals surface area (Å²) in [6.45, 7) is 5.08. The highest BCUT2D eigenvalue weighted by molar-refractivity contribution is 5.24. The molecule has 0 fully saturated rings. The smallest absolute Gasteiger partial charge is 0.0616 e. The van der Waals surface area contributed by atoms with E-state index in [9.17, 15) is 0 Å². The summed E-state index contributed by atoms with van der Waals surface area (Å²) in [4.78, 5) is 0. The molecular weight excluding hydrogens is 226 g/mol. The third-order valence-electron chi connectivity index (χ3n) is 3.17. The molecule has 18 heavy (non-hydrogen) atoms. The number of ether oxygens (including phenoxy) is 1. The van der Waals surface area contributed by atoms with Gasteiger partial charge in [0.2, 0.25) is 0 Å². The lowest BCUT2D eigenvalue weighted by Crippen LogP contribution is -2.36. The summed E-state index contributed by atoms with van der Waals surface area (Å²) in [5.41, 5.74) is 2.57. The van der Waals surface area contributed by atoms with Crippen molar-refractivity contribution in [2.24, 2.45) is 0 Å². The average Bonchev–Trinajstić information content (AvgIpc) is 2.37. The lowest BCUT2D eigenvalue weighted by atomic mass is 10.0. The fourth-order valence-electron chi connectivity index (χ4n) is 2.10. The van der Waals surface area contributed by atoms with E-state index in [4.69, 9.17) is 9.84 Å². The fourth-order valence-corrected chi connectivity index (χ4v) is 2.10. The molecule has 0 aliphatic heterocycles. The predicted molar refractivity (Wildman–Crippen MR) is 74.7 cm³/mol. The molecule has 1 aromatic rings. The summed E-state index contributed by atoms with van der Waals surface area (Å²) in [5.74, 6) is 0. The minimum Gasteiger partial charge on any atom is -0.396 e. The Hall–Kier alpha value is -0.900. The number of hydrogen-bond donors (Lipinski definition) is 2. The molecule has 0 aromatic heterocycles. The van der Waals surface area contributed by atoms with Crippen molar-refractivity contribution in [2.45, 2.75) is 38.8 Å². The minimum atomic E-state index is 0.186. The van der Waals surface area contributed by atoms with Crippen LogP contribution in [0.5, 0.6) is 0 Å². The maximum Gasteiger partial charge on any atom is 0.0616 e. The van der Waals surface area contributed by atoms with Gasteiger partial charge in [-0.2, -0.15) is 0 Å². The highest BCUT2D eigenvalue weighted by Crippen LogP contribution is 2.18. The molecule has 102 valence electrons. The highest BCUT2D eigenvalue weighted by Gasteiger charge is 2.15. The summed E-state index contributed by atoms with van der Waals surface area (Å²) in [5, 5.41) is 12.6. The molecule has 1 aromatic carbocycles. The van der Waals surface area contributed by atoms with Crippen molar-refractivity contribution in [3.8, 4) is 0 Å². The van der Waals surface area contributed by atoms with Gasteiger partial charge >= 0.3 is 0 Å². The van der Waals surface area contributed by atoms with Gasteiger partial charge in [0.05, 0.1) is 6.61 Å². The third kappa shape index (κ3) is 4.77. The fraction of sp³-hybridized carbons (Fsp3) is 0.600. The molecule has 0 spiro atoms. The van der Waals surface area contributed by atoms with Crippen LogP contribution in [-0.2, 0) is 4.74 Å². The number of aryl methyl sites for hydroxylation is 1. The summed E-state index contributed by atoms with van der Waals surface area (Å²) < 4.78 is 5.18. The van der Waals surface area contributed by atoms with Crippen LogP contribution in [0.15, 0.2) is 24.3 Å². The number of hydrogen-bond acceptors (Lipinski definition) is 3. The van der Waals surface area contributed by atoms with Gasteiger partial charge in [-0.15, -0.1) is 0 Å². The van der Waals surface area contributed by atoms with Crippen molar-refractivity contribution < 1.29 is 9.84 Å². The molecule has 0 radical (unpaired) electrons. The average molecular weight is 251 g/mol. The highest BCUT2D eigenvalue weighted by atomic mass is 16.5. The van der Waals surface area contributed by atoms with E-state index in [1.165, 1.54) is 11.1 Å². The Labute approximate surface area is 110 Å². The number of aliphatic hydroxyl groups is 1. The predicted octanol–water partition coefficient (Wildman–Crippen LogP) is 2.43. The Kier molecular flexibility index (Phi) is 6.94. The van der Waals surface area contributed by atoms with E-state index in [1.807, 2.05) is 0 Å². The van der Waals surface area contributed by atoms with Gasteiger partial charge in [-0.25, -0.2) is 0 Å². The lowest BCUT2D eigenvalue weighted by Gasteiger charge is -2.24. The minimum absolute atomic E-state index is 0.186. The SMILES string of the molecule is CCC(NC(CCO)COC)c1ccc(C)cc1.